The summed E-state index contributed by atoms with van der Waals surface area (Å²) in [6.45, 7) is 2.12. The van der Waals surface area contributed by atoms with Gasteiger partial charge in [-0.3, -0.25) is 4.79 Å². The molecular weight excluding hydrogens is 188 g/mol. The van der Waals surface area contributed by atoms with Gasteiger partial charge in [0.2, 0.25) is 5.91 Å². The molecule has 0 heterocycles. The van der Waals surface area contributed by atoms with E-state index in [9.17, 15) is 4.79 Å². The summed E-state index contributed by atoms with van der Waals surface area (Å²) in [4.78, 5) is 11.6. The molecule has 1 saturated carbocycles. The fraction of sp³-hybridized carbons (Fsp3) is 0.833. The first-order valence-corrected chi connectivity index (χ1v) is 5.95. The Balaban J connectivity index is 2.33. The molecule has 3 heteroatoms. The van der Waals surface area contributed by atoms with Crippen molar-refractivity contribution >= 4 is 5.91 Å². The van der Waals surface area contributed by atoms with Gasteiger partial charge in [0.25, 0.3) is 0 Å². The summed E-state index contributed by atoms with van der Waals surface area (Å²) in [6.07, 6.45) is 7.47. The van der Waals surface area contributed by atoms with Crippen LogP contribution in [0, 0.1) is 11.3 Å². The van der Waals surface area contributed by atoms with Gasteiger partial charge < -0.3 is 5.32 Å². The van der Waals surface area contributed by atoms with E-state index in [1.54, 1.807) is 0 Å². The van der Waals surface area contributed by atoms with Crippen molar-refractivity contribution in [1.82, 2.24) is 5.32 Å². The largest absolute Gasteiger partial charge is 0.338 e. The Bertz CT molecular complexity index is 249. The molecule has 1 fully saturated rings. The van der Waals surface area contributed by atoms with E-state index in [-0.39, 0.29) is 5.91 Å². The lowest BCUT2D eigenvalue weighted by Crippen LogP contribution is -2.44. The Kier molecular flexibility index (Phi) is 4.61. The quantitative estimate of drug-likeness (QED) is 0.706. The lowest BCUT2D eigenvalue weighted by atomic mass is 9.99. The van der Waals surface area contributed by atoms with E-state index in [2.05, 4.69) is 18.3 Å². The van der Waals surface area contributed by atoms with Crippen LogP contribution in [0.25, 0.3) is 0 Å². The third kappa shape index (κ3) is 3.54. The van der Waals surface area contributed by atoms with E-state index in [0.29, 0.717) is 6.42 Å². The fourth-order valence-corrected chi connectivity index (χ4v) is 2.11. The highest BCUT2D eigenvalue weighted by atomic mass is 16.1. The number of unbranched alkanes of at least 4 members (excludes halogenated alkanes) is 2. The van der Waals surface area contributed by atoms with Crippen molar-refractivity contribution in [3.05, 3.63) is 0 Å². The van der Waals surface area contributed by atoms with Gasteiger partial charge in [0, 0.05) is 6.42 Å². The number of carbonyl (C=O) groups is 1. The zero-order chi connectivity index (χ0) is 11.1. The van der Waals surface area contributed by atoms with Crippen LogP contribution in [0.3, 0.4) is 0 Å². The molecule has 1 amide bonds. The molecule has 0 aliphatic heterocycles. The first-order chi connectivity index (χ1) is 7.22. The molecule has 0 unspecified atom stereocenters. The third-order valence-electron chi connectivity index (χ3n) is 3.06. The molecule has 84 valence electrons. The first-order valence-electron chi connectivity index (χ1n) is 5.95. The van der Waals surface area contributed by atoms with Gasteiger partial charge in [-0.1, -0.05) is 19.8 Å². The monoisotopic (exact) mass is 208 g/mol. The van der Waals surface area contributed by atoms with Crippen LogP contribution < -0.4 is 5.32 Å². The zero-order valence-corrected chi connectivity index (χ0v) is 9.51. The second-order valence-electron chi connectivity index (χ2n) is 4.41. The van der Waals surface area contributed by atoms with Gasteiger partial charge in [-0.05, 0) is 32.1 Å². The van der Waals surface area contributed by atoms with Gasteiger partial charge in [0.1, 0.15) is 5.54 Å². The predicted molar refractivity (Wildman–Crippen MR) is 59.1 cm³/mol. The summed E-state index contributed by atoms with van der Waals surface area (Å²) in [5.41, 5.74) is -0.538. The Morgan fingerprint density at radius 3 is 2.60 bits per heavy atom. The average Bonchev–Trinajstić information content (AvgIpc) is 2.67. The summed E-state index contributed by atoms with van der Waals surface area (Å²) >= 11 is 0. The average molecular weight is 208 g/mol. The van der Waals surface area contributed by atoms with Crippen molar-refractivity contribution in [2.75, 3.05) is 0 Å². The van der Waals surface area contributed by atoms with Crippen LogP contribution in [0.5, 0.6) is 0 Å². The minimum absolute atomic E-state index is 0.0481. The Labute approximate surface area is 91.9 Å². The molecule has 1 N–H and O–H groups in total. The topological polar surface area (TPSA) is 52.9 Å². The normalized spacial score (nSPS) is 18.4. The van der Waals surface area contributed by atoms with Crippen molar-refractivity contribution < 1.29 is 4.79 Å². The Morgan fingerprint density at radius 2 is 2.07 bits per heavy atom. The van der Waals surface area contributed by atoms with Crippen LogP contribution in [-0.2, 0) is 4.79 Å². The van der Waals surface area contributed by atoms with Gasteiger partial charge >= 0.3 is 0 Å². The third-order valence-corrected chi connectivity index (χ3v) is 3.06. The van der Waals surface area contributed by atoms with E-state index in [4.69, 9.17) is 5.26 Å². The molecule has 1 aliphatic rings. The van der Waals surface area contributed by atoms with E-state index < -0.39 is 5.54 Å². The van der Waals surface area contributed by atoms with Gasteiger partial charge in [-0.25, -0.2) is 0 Å². The lowest BCUT2D eigenvalue weighted by Gasteiger charge is -2.21. The highest BCUT2D eigenvalue weighted by Crippen LogP contribution is 2.28. The van der Waals surface area contributed by atoms with Crippen LogP contribution in [0.4, 0.5) is 0 Å². The van der Waals surface area contributed by atoms with Gasteiger partial charge in [0.15, 0.2) is 0 Å². The van der Waals surface area contributed by atoms with Gasteiger partial charge in [-0.15, -0.1) is 0 Å². The Morgan fingerprint density at radius 1 is 1.40 bits per heavy atom. The smallest absolute Gasteiger partial charge is 0.221 e. The predicted octanol–water partition coefficient (Wildman–Crippen LogP) is 2.52. The SMILES string of the molecule is CCCCCC(=O)NC1(C#N)CCCC1. The molecule has 0 saturated heterocycles. The molecule has 3 nitrogen and oxygen atoms in total. The molecule has 15 heavy (non-hydrogen) atoms. The zero-order valence-electron chi connectivity index (χ0n) is 9.51. The number of hydrogen-bond donors (Lipinski definition) is 1. The second kappa shape index (κ2) is 5.75. The second-order valence-corrected chi connectivity index (χ2v) is 4.41. The number of rotatable bonds is 5. The van der Waals surface area contributed by atoms with Crippen LogP contribution in [-0.4, -0.2) is 11.4 Å². The van der Waals surface area contributed by atoms with Crippen molar-refractivity contribution in [2.45, 2.75) is 63.8 Å². The van der Waals surface area contributed by atoms with Crippen LogP contribution >= 0.6 is 0 Å². The van der Waals surface area contributed by atoms with Gasteiger partial charge in [0.05, 0.1) is 6.07 Å². The highest BCUT2D eigenvalue weighted by molar-refractivity contribution is 5.77. The molecule has 0 aromatic heterocycles. The number of hydrogen-bond acceptors (Lipinski definition) is 2. The highest BCUT2D eigenvalue weighted by Gasteiger charge is 2.34. The van der Waals surface area contributed by atoms with Crippen LogP contribution in [0.1, 0.15) is 58.3 Å². The summed E-state index contributed by atoms with van der Waals surface area (Å²) < 4.78 is 0. The van der Waals surface area contributed by atoms with Gasteiger partial charge in [-0.2, -0.15) is 5.26 Å². The fourth-order valence-electron chi connectivity index (χ4n) is 2.11. The molecule has 0 spiro atoms. The van der Waals surface area contributed by atoms with Crippen molar-refractivity contribution in [2.24, 2.45) is 0 Å². The standard InChI is InChI=1S/C12H20N2O/c1-2-3-4-7-11(15)14-12(10-13)8-5-6-9-12/h2-9H2,1H3,(H,14,15). The van der Waals surface area contributed by atoms with Crippen LogP contribution in [0.2, 0.25) is 0 Å². The van der Waals surface area contributed by atoms with E-state index in [1.807, 2.05) is 0 Å². The molecule has 1 rings (SSSR count). The van der Waals surface area contributed by atoms with Crippen molar-refractivity contribution in [1.29, 1.82) is 5.26 Å². The first kappa shape index (κ1) is 12.0. The summed E-state index contributed by atoms with van der Waals surface area (Å²) in [7, 11) is 0. The molecule has 0 aromatic carbocycles. The van der Waals surface area contributed by atoms with Crippen molar-refractivity contribution in [3.8, 4) is 6.07 Å². The maximum Gasteiger partial charge on any atom is 0.221 e. The molecule has 1 aliphatic carbocycles. The van der Waals surface area contributed by atoms with E-state index >= 15 is 0 Å². The number of nitrogens with one attached hydrogen (secondary N) is 1. The maximum absolute atomic E-state index is 11.6. The van der Waals surface area contributed by atoms with E-state index in [1.165, 1.54) is 0 Å². The van der Waals surface area contributed by atoms with Crippen LogP contribution in [0.15, 0.2) is 0 Å². The molecule has 0 bridgehead atoms. The molecule has 0 atom stereocenters. The molecule has 0 radical (unpaired) electrons. The van der Waals surface area contributed by atoms with E-state index in [0.717, 1.165) is 44.9 Å². The number of nitriles is 1. The molecular formula is C12H20N2O. The number of nitrogens with zero attached hydrogens (tertiary/aromatic N) is 1. The Hall–Kier alpha value is -1.04. The summed E-state index contributed by atoms with van der Waals surface area (Å²) in [6, 6.07) is 2.27. The summed E-state index contributed by atoms with van der Waals surface area (Å²) in [5.74, 6) is 0.0481. The minimum atomic E-state index is -0.538. The number of carbonyl (C=O) groups excluding carboxylic acids is 1. The summed E-state index contributed by atoms with van der Waals surface area (Å²) in [5, 5.41) is 12.0. The minimum Gasteiger partial charge on any atom is -0.338 e. The number of amides is 1. The maximum atomic E-state index is 11.6. The lowest BCUT2D eigenvalue weighted by molar-refractivity contribution is -0.122. The van der Waals surface area contributed by atoms with Crippen molar-refractivity contribution in [3.63, 3.8) is 0 Å². The molecule has 0 aromatic rings.